The number of carbonyl (C=O) groups excluding carboxylic acids is 1. The molecule has 4 heteroatoms. The van der Waals surface area contributed by atoms with Gasteiger partial charge in [-0.25, -0.2) is 0 Å². The Hall–Kier alpha value is -0.280. The topological polar surface area (TPSA) is 32.3 Å². The molecule has 1 aliphatic carbocycles. The first-order chi connectivity index (χ1) is 9.22. The average Bonchev–Trinajstić information content (AvgIpc) is 2.98. The van der Waals surface area contributed by atoms with Crippen molar-refractivity contribution < 1.29 is 4.79 Å². The molecular weight excluding hydrogens is 272 g/mol. The molecule has 2 bridgehead atoms. The van der Waals surface area contributed by atoms with E-state index in [9.17, 15) is 4.79 Å². The zero-order valence-corrected chi connectivity index (χ0v) is 13.5. The molecule has 0 aromatic rings. The van der Waals surface area contributed by atoms with Crippen LogP contribution < -0.4 is 5.32 Å². The summed E-state index contributed by atoms with van der Waals surface area (Å²) < 4.78 is 0. The molecule has 20 heavy (non-hydrogen) atoms. The summed E-state index contributed by atoms with van der Waals surface area (Å²) >= 11 is 0. The summed E-state index contributed by atoms with van der Waals surface area (Å²) in [6.07, 6.45) is 10.3. The lowest BCUT2D eigenvalue weighted by molar-refractivity contribution is -0.135. The van der Waals surface area contributed by atoms with E-state index >= 15 is 0 Å². The molecule has 1 amide bonds. The lowest BCUT2D eigenvalue weighted by atomic mass is 9.93. The lowest BCUT2D eigenvalue weighted by Crippen LogP contribution is -2.41. The molecule has 3 fully saturated rings. The van der Waals surface area contributed by atoms with E-state index in [1.807, 2.05) is 0 Å². The molecule has 3 aliphatic rings. The standard InChI is InChI=1S/C16H28N2O.ClH/c1-12(10-13-4-2-3-5-13)16(19)18-9-8-14-6-7-15(11-18)17-14;/h12-15,17H,2-11H2,1H3;1H. The summed E-state index contributed by atoms with van der Waals surface area (Å²) in [5, 5.41) is 3.66. The van der Waals surface area contributed by atoms with Crippen LogP contribution in [0, 0.1) is 11.8 Å². The van der Waals surface area contributed by atoms with Crippen LogP contribution in [0.25, 0.3) is 0 Å². The SMILES string of the molecule is CC(CC1CCCC1)C(=O)N1CCC2CCC(C1)N2.Cl. The van der Waals surface area contributed by atoms with E-state index in [4.69, 9.17) is 0 Å². The van der Waals surface area contributed by atoms with E-state index in [2.05, 4.69) is 17.1 Å². The van der Waals surface area contributed by atoms with Gasteiger partial charge in [-0.15, -0.1) is 12.4 Å². The first-order valence-corrected chi connectivity index (χ1v) is 8.27. The number of nitrogens with zero attached hydrogens (tertiary/aromatic N) is 1. The van der Waals surface area contributed by atoms with Crippen LogP contribution in [0.3, 0.4) is 0 Å². The van der Waals surface area contributed by atoms with Gasteiger partial charge in [0.05, 0.1) is 0 Å². The zero-order chi connectivity index (χ0) is 13.2. The third-order valence-corrected chi connectivity index (χ3v) is 5.42. The first kappa shape index (κ1) is 16.1. The molecule has 3 rings (SSSR count). The van der Waals surface area contributed by atoms with Crippen molar-refractivity contribution in [3.05, 3.63) is 0 Å². The molecule has 1 N–H and O–H groups in total. The second-order valence-electron chi connectivity index (χ2n) is 7.00. The van der Waals surface area contributed by atoms with Crippen molar-refractivity contribution >= 4 is 18.3 Å². The summed E-state index contributed by atoms with van der Waals surface area (Å²) in [6, 6.07) is 1.24. The van der Waals surface area contributed by atoms with Crippen molar-refractivity contribution in [2.24, 2.45) is 11.8 Å². The van der Waals surface area contributed by atoms with Crippen LogP contribution in [0.1, 0.15) is 58.3 Å². The van der Waals surface area contributed by atoms with Crippen molar-refractivity contribution in [2.75, 3.05) is 13.1 Å². The quantitative estimate of drug-likeness (QED) is 0.869. The second kappa shape index (κ2) is 7.13. The van der Waals surface area contributed by atoms with E-state index in [-0.39, 0.29) is 18.3 Å². The Balaban J connectivity index is 0.00000147. The molecule has 0 aromatic heterocycles. The van der Waals surface area contributed by atoms with Crippen molar-refractivity contribution in [3.63, 3.8) is 0 Å². The van der Waals surface area contributed by atoms with Gasteiger partial charge < -0.3 is 10.2 Å². The van der Waals surface area contributed by atoms with Crippen LogP contribution in [0.2, 0.25) is 0 Å². The molecule has 2 saturated heterocycles. The summed E-state index contributed by atoms with van der Waals surface area (Å²) in [5.74, 6) is 1.47. The van der Waals surface area contributed by atoms with Gasteiger partial charge in [-0.05, 0) is 31.6 Å². The van der Waals surface area contributed by atoms with Crippen molar-refractivity contribution in [3.8, 4) is 0 Å². The van der Waals surface area contributed by atoms with Gasteiger partial charge in [-0.2, -0.15) is 0 Å². The highest BCUT2D eigenvalue weighted by molar-refractivity contribution is 5.85. The molecule has 0 radical (unpaired) electrons. The summed E-state index contributed by atoms with van der Waals surface area (Å²) in [4.78, 5) is 14.8. The number of likely N-dealkylation sites (tertiary alicyclic amines) is 1. The molecule has 3 nitrogen and oxygen atoms in total. The van der Waals surface area contributed by atoms with Crippen LogP contribution in [-0.4, -0.2) is 36.0 Å². The van der Waals surface area contributed by atoms with Crippen LogP contribution in [-0.2, 0) is 4.79 Å². The molecule has 2 aliphatic heterocycles. The Kier molecular flexibility index (Phi) is 5.74. The van der Waals surface area contributed by atoms with Crippen LogP contribution in [0.15, 0.2) is 0 Å². The van der Waals surface area contributed by atoms with Crippen LogP contribution in [0.5, 0.6) is 0 Å². The van der Waals surface area contributed by atoms with Gasteiger partial charge in [0.25, 0.3) is 0 Å². The number of rotatable bonds is 3. The van der Waals surface area contributed by atoms with Gasteiger partial charge in [-0.1, -0.05) is 32.6 Å². The minimum atomic E-state index is 0. The largest absolute Gasteiger partial charge is 0.341 e. The van der Waals surface area contributed by atoms with Gasteiger partial charge >= 0.3 is 0 Å². The maximum Gasteiger partial charge on any atom is 0.225 e. The van der Waals surface area contributed by atoms with Gasteiger partial charge in [0.1, 0.15) is 0 Å². The Labute approximate surface area is 129 Å². The number of fused-ring (bicyclic) bond motifs is 2. The minimum absolute atomic E-state index is 0. The molecule has 3 atom stereocenters. The molecule has 0 aromatic carbocycles. The van der Waals surface area contributed by atoms with Gasteiger partial charge in [-0.3, -0.25) is 4.79 Å². The summed E-state index contributed by atoms with van der Waals surface area (Å²) in [5.41, 5.74) is 0. The molecule has 0 spiro atoms. The average molecular weight is 301 g/mol. The Bertz CT molecular complexity index is 330. The fraction of sp³-hybridized carbons (Fsp3) is 0.938. The highest BCUT2D eigenvalue weighted by Gasteiger charge is 2.33. The van der Waals surface area contributed by atoms with Crippen LogP contribution in [0.4, 0.5) is 0 Å². The van der Waals surface area contributed by atoms with Crippen molar-refractivity contribution in [1.29, 1.82) is 0 Å². The minimum Gasteiger partial charge on any atom is -0.341 e. The first-order valence-electron chi connectivity index (χ1n) is 8.27. The fourth-order valence-corrected chi connectivity index (χ4v) is 4.30. The van der Waals surface area contributed by atoms with Gasteiger partial charge in [0, 0.05) is 31.1 Å². The van der Waals surface area contributed by atoms with E-state index in [0.29, 0.717) is 18.0 Å². The molecule has 1 saturated carbocycles. The molecule has 2 heterocycles. The highest BCUT2D eigenvalue weighted by atomic mass is 35.5. The number of hydrogen-bond donors (Lipinski definition) is 1. The lowest BCUT2D eigenvalue weighted by Gasteiger charge is -2.28. The van der Waals surface area contributed by atoms with E-state index in [1.54, 1.807) is 0 Å². The third-order valence-electron chi connectivity index (χ3n) is 5.42. The maximum absolute atomic E-state index is 12.6. The predicted molar refractivity (Wildman–Crippen MR) is 84.1 cm³/mol. The van der Waals surface area contributed by atoms with Crippen LogP contribution >= 0.6 is 12.4 Å². The Morgan fingerprint density at radius 2 is 1.85 bits per heavy atom. The summed E-state index contributed by atoms with van der Waals surface area (Å²) in [7, 11) is 0. The predicted octanol–water partition coefficient (Wildman–Crippen LogP) is 2.98. The highest BCUT2D eigenvalue weighted by Crippen LogP contribution is 2.31. The van der Waals surface area contributed by atoms with Crippen molar-refractivity contribution in [2.45, 2.75) is 70.4 Å². The second-order valence-corrected chi connectivity index (χ2v) is 7.00. The number of halogens is 1. The Morgan fingerprint density at radius 1 is 1.15 bits per heavy atom. The monoisotopic (exact) mass is 300 g/mol. The number of amides is 1. The zero-order valence-electron chi connectivity index (χ0n) is 12.6. The van der Waals surface area contributed by atoms with E-state index in [1.165, 1.54) is 38.5 Å². The maximum atomic E-state index is 12.6. The van der Waals surface area contributed by atoms with E-state index < -0.39 is 0 Å². The smallest absolute Gasteiger partial charge is 0.225 e. The molecular formula is C16H29ClN2O. The Morgan fingerprint density at radius 3 is 2.60 bits per heavy atom. The third kappa shape index (κ3) is 3.67. The molecule has 116 valence electrons. The van der Waals surface area contributed by atoms with Crippen molar-refractivity contribution in [1.82, 2.24) is 10.2 Å². The molecule has 3 unspecified atom stereocenters. The summed E-state index contributed by atoms with van der Waals surface area (Å²) in [6.45, 7) is 4.07. The number of hydrogen-bond acceptors (Lipinski definition) is 2. The van der Waals surface area contributed by atoms with Gasteiger partial charge in [0.2, 0.25) is 5.91 Å². The fourth-order valence-electron chi connectivity index (χ4n) is 4.30. The number of carbonyl (C=O) groups is 1. The number of nitrogens with one attached hydrogen (secondary N) is 1. The van der Waals surface area contributed by atoms with Gasteiger partial charge in [0.15, 0.2) is 0 Å². The van der Waals surface area contributed by atoms with E-state index in [0.717, 1.165) is 31.8 Å². The normalized spacial score (nSPS) is 31.8.